The third-order valence-electron chi connectivity index (χ3n) is 1.42. The summed E-state index contributed by atoms with van der Waals surface area (Å²) in [5.41, 5.74) is 0. The van der Waals surface area contributed by atoms with E-state index in [-0.39, 0.29) is 5.75 Å². The van der Waals surface area contributed by atoms with E-state index in [0.717, 1.165) is 11.0 Å². The summed E-state index contributed by atoms with van der Waals surface area (Å²) < 4.78 is 0. The van der Waals surface area contributed by atoms with Crippen LogP contribution in [0.2, 0.25) is 0 Å². The molecule has 3 nitrogen and oxygen atoms in total. The van der Waals surface area contributed by atoms with E-state index in [1.807, 2.05) is 6.07 Å². The fourth-order valence-corrected chi connectivity index (χ4v) is 1.63. The molecule has 74 valence electrons. The molecule has 4 heteroatoms. The quantitative estimate of drug-likeness (QED) is 0.590. The Balaban J connectivity index is 2.42. The van der Waals surface area contributed by atoms with Crippen molar-refractivity contribution in [2.24, 2.45) is 0 Å². The van der Waals surface area contributed by atoms with Crippen molar-refractivity contribution in [1.82, 2.24) is 0 Å². The topological polar surface area (TPSA) is 57.5 Å². The molecular weight excluding hydrogens is 200 g/mol. The predicted molar refractivity (Wildman–Crippen MR) is 55.6 cm³/mol. The number of benzene rings is 1. The van der Waals surface area contributed by atoms with Crippen molar-refractivity contribution in [3.63, 3.8) is 0 Å². The summed E-state index contributed by atoms with van der Waals surface area (Å²) >= 11 is 1.47. The van der Waals surface area contributed by atoms with E-state index < -0.39 is 5.97 Å². The summed E-state index contributed by atoms with van der Waals surface area (Å²) in [5.74, 6) is -0.144. The van der Waals surface area contributed by atoms with Gasteiger partial charge in [-0.05, 0) is 18.2 Å². The predicted octanol–water partition coefficient (Wildman–Crippen LogP) is 2.13. The average Bonchev–Trinajstić information content (AvgIpc) is 2.12. The maximum atomic E-state index is 10.1. The number of phenolic OH excluding ortho intramolecular Hbond substituents is 1. The van der Waals surface area contributed by atoms with Crippen molar-refractivity contribution in [3.8, 4) is 5.75 Å². The first-order valence-electron chi connectivity index (χ1n) is 4.00. The van der Waals surface area contributed by atoms with Gasteiger partial charge < -0.3 is 10.2 Å². The second-order valence-corrected chi connectivity index (χ2v) is 3.64. The molecule has 0 unspecified atom stereocenters. The van der Waals surface area contributed by atoms with E-state index in [4.69, 9.17) is 10.2 Å². The Bertz CT molecular complexity index is 347. The molecule has 0 amide bonds. The molecule has 0 saturated heterocycles. The molecule has 0 aliphatic carbocycles. The van der Waals surface area contributed by atoms with Gasteiger partial charge in [-0.25, -0.2) is 4.79 Å². The Morgan fingerprint density at radius 1 is 1.50 bits per heavy atom. The van der Waals surface area contributed by atoms with Gasteiger partial charge >= 0.3 is 5.97 Å². The van der Waals surface area contributed by atoms with E-state index in [1.165, 1.54) is 11.8 Å². The fourth-order valence-electron chi connectivity index (χ4n) is 0.867. The highest BCUT2D eigenvalue weighted by Crippen LogP contribution is 2.21. The smallest absolute Gasteiger partial charge is 0.328 e. The van der Waals surface area contributed by atoms with E-state index in [1.54, 1.807) is 24.3 Å². The van der Waals surface area contributed by atoms with Gasteiger partial charge in [0, 0.05) is 16.7 Å². The van der Waals surface area contributed by atoms with Crippen LogP contribution in [0, 0.1) is 0 Å². The van der Waals surface area contributed by atoms with Gasteiger partial charge in [0.05, 0.1) is 0 Å². The number of rotatable bonds is 4. The summed E-state index contributed by atoms with van der Waals surface area (Å²) in [6.07, 6.45) is 2.67. The van der Waals surface area contributed by atoms with E-state index >= 15 is 0 Å². The van der Waals surface area contributed by atoms with Crippen molar-refractivity contribution in [2.75, 3.05) is 5.75 Å². The van der Waals surface area contributed by atoms with Crippen LogP contribution in [0.1, 0.15) is 0 Å². The molecule has 0 aliphatic rings. The Labute approximate surface area is 86.1 Å². The van der Waals surface area contributed by atoms with Crippen LogP contribution in [0.25, 0.3) is 0 Å². The highest BCUT2D eigenvalue weighted by Gasteiger charge is 1.93. The number of carbonyl (C=O) groups is 1. The van der Waals surface area contributed by atoms with Crippen molar-refractivity contribution >= 4 is 17.7 Å². The molecule has 0 fully saturated rings. The molecule has 0 aromatic heterocycles. The number of aromatic hydroxyl groups is 1. The number of carboxylic acids is 1. The van der Waals surface area contributed by atoms with Gasteiger partial charge in [0.25, 0.3) is 0 Å². The lowest BCUT2D eigenvalue weighted by Gasteiger charge is -1.97. The summed E-state index contributed by atoms with van der Waals surface area (Å²) in [5, 5.41) is 17.5. The lowest BCUT2D eigenvalue weighted by atomic mass is 10.3. The van der Waals surface area contributed by atoms with Gasteiger partial charge in [-0.1, -0.05) is 12.1 Å². The maximum absolute atomic E-state index is 10.1. The van der Waals surface area contributed by atoms with Gasteiger partial charge in [0.2, 0.25) is 0 Å². The normalized spacial score (nSPS) is 10.6. The first kappa shape index (κ1) is 10.7. The average molecular weight is 210 g/mol. The van der Waals surface area contributed by atoms with Crippen molar-refractivity contribution in [3.05, 3.63) is 36.4 Å². The highest BCUT2D eigenvalue weighted by atomic mass is 32.2. The molecule has 0 aliphatic heterocycles. The summed E-state index contributed by atoms with van der Waals surface area (Å²) in [7, 11) is 0. The Hall–Kier alpha value is -1.42. The molecule has 1 rings (SSSR count). The molecule has 1 aromatic rings. The molecule has 0 heterocycles. The minimum absolute atomic E-state index is 0.220. The largest absolute Gasteiger partial charge is 0.508 e. The summed E-state index contributed by atoms with van der Waals surface area (Å²) in [6.45, 7) is 0. The molecule has 1 aromatic carbocycles. The van der Waals surface area contributed by atoms with Crippen molar-refractivity contribution < 1.29 is 15.0 Å². The molecule has 2 N–H and O–H groups in total. The van der Waals surface area contributed by atoms with Crippen LogP contribution in [0.4, 0.5) is 0 Å². The summed E-state index contributed by atoms with van der Waals surface area (Å²) in [6, 6.07) is 6.84. The minimum Gasteiger partial charge on any atom is -0.508 e. The number of aliphatic carboxylic acids is 1. The highest BCUT2D eigenvalue weighted by molar-refractivity contribution is 7.99. The lowest BCUT2D eigenvalue weighted by Crippen LogP contribution is -1.86. The van der Waals surface area contributed by atoms with E-state index in [0.29, 0.717) is 5.75 Å². The van der Waals surface area contributed by atoms with Gasteiger partial charge in [-0.3, -0.25) is 0 Å². The zero-order chi connectivity index (χ0) is 10.4. The minimum atomic E-state index is -0.943. The van der Waals surface area contributed by atoms with Gasteiger partial charge in [0.15, 0.2) is 0 Å². The van der Waals surface area contributed by atoms with Crippen LogP contribution >= 0.6 is 11.8 Å². The third-order valence-corrected chi connectivity index (χ3v) is 2.37. The molecule has 0 atom stereocenters. The third kappa shape index (κ3) is 4.00. The zero-order valence-electron chi connectivity index (χ0n) is 7.38. The van der Waals surface area contributed by atoms with E-state index in [2.05, 4.69) is 0 Å². The number of thioether (sulfide) groups is 1. The van der Waals surface area contributed by atoms with Crippen LogP contribution < -0.4 is 0 Å². The zero-order valence-corrected chi connectivity index (χ0v) is 8.20. The number of phenols is 1. The maximum Gasteiger partial charge on any atom is 0.328 e. The van der Waals surface area contributed by atoms with E-state index in [9.17, 15) is 4.79 Å². The van der Waals surface area contributed by atoms with Crippen LogP contribution in [0.15, 0.2) is 41.3 Å². The lowest BCUT2D eigenvalue weighted by molar-refractivity contribution is -0.131. The molecule has 0 radical (unpaired) electrons. The Morgan fingerprint density at radius 2 is 2.29 bits per heavy atom. The number of carboxylic acid groups (broad SMARTS) is 1. The first-order chi connectivity index (χ1) is 6.68. The van der Waals surface area contributed by atoms with Crippen molar-refractivity contribution in [1.29, 1.82) is 0 Å². The van der Waals surface area contributed by atoms with Crippen LogP contribution in [0.3, 0.4) is 0 Å². The molecule has 14 heavy (non-hydrogen) atoms. The fraction of sp³-hybridized carbons (Fsp3) is 0.100. The second kappa shape index (κ2) is 5.34. The number of hydrogen-bond acceptors (Lipinski definition) is 3. The molecule has 0 bridgehead atoms. The standard InChI is InChI=1S/C10H10O3S/c11-8-3-1-4-9(7-8)14-6-2-5-10(12)13/h1-5,7,11H,6H2,(H,12,13)/b5-2+. The van der Waals surface area contributed by atoms with Crippen LogP contribution in [-0.4, -0.2) is 21.9 Å². The van der Waals surface area contributed by atoms with Gasteiger partial charge in [-0.2, -0.15) is 0 Å². The SMILES string of the molecule is O=C(O)/C=C/CSc1cccc(O)c1. The molecular formula is C10H10O3S. The Kier molecular flexibility index (Phi) is 4.07. The molecule has 0 saturated carbocycles. The second-order valence-electron chi connectivity index (χ2n) is 2.55. The Morgan fingerprint density at radius 3 is 2.93 bits per heavy atom. The van der Waals surface area contributed by atoms with Crippen LogP contribution in [-0.2, 0) is 4.79 Å². The monoisotopic (exact) mass is 210 g/mol. The molecule has 0 spiro atoms. The number of hydrogen-bond donors (Lipinski definition) is 2. The first-order valence-corrected chi connectivity index (χ1v) is 4.98. The van der Waals surface area contributed by atoms with Gasteiger partial charge in [-0.15, -0.1) is 11.8 Å². The summed E-state index contributed by atoms with van der Waals surface area (Å²) in [4.78, 5) is 11.0. The van der Waals surface area contributed by atoms with Crippen molar-refractivity contribution in [2.45, 2.75) is 4.90 Å². The van der Waals surface area contributed by atoms with Gasteiger partial charge in [0.1, 0.15) is 5.75 Å². The van der Waals surface area contributed by atoms with Crippen LogP contribution in [0.5, 0.6) is 5.75 Å².